The van der Waals surface area contributed by atoms with Gasteiger partial charge in [0, 0.05) is 17.8 Å². The number of carboxylic acid groups (broad SMARTS) is 1. The van der Waals surface area contributed by atoms with E-state index < -0.39 is 5.97 Å². The van der Waals surface area contributed by atoms with Crippen LogP contribution in [0.3, 0.4) is 0 Å². The highest BCUT2D eigenvalue weighted by molar-refractivity contribution is 7.98. The molecule has 2 aromatic rings. The first-order valence-corrected chi connectivity index (χ1v) is 7.30. The smallest absolute Gasteiger partial charge is 0.335 e. The predicted octanol–water partition coefficient (Wildman–Crippen LogP) is 3.73. The Hall–Kier alpha value is -1.78. The van der Waals surface area contributed by atoms with Crippen molar-refractivity contribution in [3.05, 3.63) is 64.7 Å². The molecule has 3 rings (SSSR count). The molecule has 0 fully saturated rings. The maximum absolute atomic E-state index is 11.2. The molecule has 20 heavy (non-hydrogen) atoms. The van der Waals surface area contributed by atoms with Crippen molar-refractivity contribution in [1.29, 1.82) is 0 Å². The Bertz CT molecular complexity index is 667. The van der Waals surface area contributed by atoms with Gasteiger partial charge in [0.1, 0.15) is 6.10 Å². The van der Waals surface area contributed by atoms with Crippen LogP contribution in [0.5, 0.6) is 0 Å². The maximum Gasteiger partial charge on any atom is 0.335 e. The minimum atomic E-state index is -0.912. The van der Waals surface area contributed by atoms with Gasteiger partial charge in [0.2, 0.25) is 0 Å². The predicted molar refractivity (Wildman–Crippen MR) is 78.3 cm³/mol. The van der Waals surface area contributed by atoms with Gasteiger partial charge in [-0.05, 0) is 34.9 Å². The summed E-state index contributed by atoms with van der Waals surface area (Å²) in [5.41, 5.74) is 3.58. The van der Waals surface area contributed by atoms with E-state index in [1.165, 1.54) is 5.56 Å². The summed E-state index contributed by atoms with van der Waals surface area (Å²) >= 11 is 1.72. The minimum Gasteiger partial charge on any atom is -0.478 e. The van der Waals surface area contributed by atoms with Gasteiger partial charge in [0.15, 0.2) is 0 Å². The Labute approximate surface area is 121 Å². The zero-order valence-electron chi connectivity index (χ0n) is 11.0. The number of hydrogen-bond donors (Lipinski definition) is 1. The Kier molecular flexibility index (Phi) is 3.51. The summed E-state index contributed by atoms with van der Waals surface area (Å²) < 4.78 is 5.65. The minimum absolute atomic E-state index is 0.213. The van der Waals surface area contributed by atoms with Gasteiger partial charge < -0.3 is 9.84 Å². The highest BCUT2D eigenvalue weighted by Crippen LogP contribution is 2.41. The Morgan fingerprint density at radius 1 is 1.25 bits per heavy atom. The number of methoxy groups -OCH3 is 1. The van der Waals surface area contributed by atoms with Gasteiger partial charge in [-0.2, -0.15) is 0 Å². The molecular weight excluding hydrogens is 272 g/mol. The van der Waals surface area contributed by atoms with Gasteiger partial charge in [0.25, 0.3) is 0 Å². The highest BCUT2D eigenvalue weighted by atomic mass is 32.2. The van der Waals surface area contributed by atoms with Crippen molar-refractivity contribution in [3.8, 4) is 0 Å². The molecule has 2 aromatic carbocycles. The van der Waals surface area contributed by atoms with Crippen molar-refractivity contribution >= 4 is 17.7 Å². The Balaban J connectivity index is 2.18. The van der Waals surface area contributed by atoms with Gasteiger partial charge in [-0.1, -0.05) is 24.3 Å². The summed E-state index contributed by atoms with van der Waals surface area (Å²) in [6.07, 6.45) is -0.213. The summed E-state index contributed by atoms with van der Waals surface area (Å²) in [4.78, 5) is 12.2. The van der Waals surface area contributed by atoms with E-state index in [0.717, 1.165) is 21.8 Å². The second kappa shape index (κ2) is 5.31. The van der Waals surface area contributed by atoms with E-state index in [0.29, 0.717) is 5.56 Å². The van der Waals surface area contributed by atoms with Crippen molar-refractivity contribution in [2.45, 2.75) is 16.8 Å². The monoisotopic (exact) mass is 286 g/mol. The number of aromatic carboxylic acids is 1. The quantitative estimate of drug-likeness (QED) is 0.914. The van der Waals surface area contributed by atoms with Crippen LogP contribution >= 0.6 is 11.8 Å². The molecule has 0 aromatic heterocycles. The fourth-order valence-corrected chi connectivity index (χ4v) is 3.59. The van der Waals surface area contributed by atoms with Crippen molar-refractivity contribution < 1.29 is 14.6 Å². The number of carboxylic acids is 1. The number of fused-ring (bicyclic) bond motifs is 2. The summed E-state index contributed by atoms with van der Waals surface area (Å²) in [6, 6.07) is 13.4. The topological polar surface area (TPSA) is 46.5 Å². The lowest BCUT2D eigenvalue weighted by Crippen LogP contribution is -2.07. The average molecular weight is 286 g/mol. The zero-order valence-corrected chi connectivity index (χ0v) is 11.8. The van der Waals surface area contributed by atoms with Crippen LogP contribution in [-0.4, -0.2) is 18.2 Å². The van der Waals surface area contributed by atoms with Gasteiger partial charge in [-0.25, -0.2) is 4.79 Å². The number of thioether (sulfide) groups is 1. The molecule has 1 aliphatic heterocycles. The van der Waals surface area contributed by atoms with Crippen molar-refractivity contribution in [2.75, 3.05) is 7.11 Å². The zero-order chi connectivity index (χ0) is 14.1. The van der Waals surface area contributed by atoms with E-state index in [-0.39, 0.29) is 6.10 Å². The molecule has 0 amide bonds. The van der Waals surface area contributed by atoms with Crippen molar-refractivity contribution in [3.63, 3.8) is 0 Å². The number of rotatable bonds is 2. The second-order valence-corrected chi connectivity index (χ2v) is 5.68. The van der Waals surface area contributed by atoms with E-state index in [2.05, 4.69) is 6.07 Å². The fraction of sp³-hybridized carbons (Fsp3) is 0.188. The van der Waals surface area contributed by atoms with Gasteiger partial charge in [-0.15, -0.1) is 11.8 Å². The summed E-state index contributed by atoms with van der Waals surface area (Å²) in [5, 5.41) is 9.16. The standard InChI is InChI=1S/C16H14O3S/c1-19-15-12-5-3-2-4-11(12)9-20-14-7-6-10(16(17)18)8-13(14)15/h2-8,15H,9H2,1H3,(H,17,18). The lowest BCUT2D eigenvalue weighted by Gasteiger charge is -2.18. The third-order valence-corrected chi connectivity index (χ3v) is 4.63. The van der Waals surface area contributed by atoms with Gasteiger partial charge in [0.05, 0.1) is 5.56 Å². The van der Waals surface area contributed by atoms with Crippen LogP contribution in [0.2, 0.25) is 0 Å². The first-order chi connectivity index (χ1) is 9.70. The first kappa shape index (κ1) is 13.2. The SMILES string of the molecule is COC1c2ccccc2CSc2ccc(C(=O)O)cc21. The van der Waals surface area contributed by atoms with Crippen LogP contribution < -0.4 is 0 Å². The molecule has 3 nitrogen and oxygen atoms in total. The number of hydrogen-bond acceptors (Lipinski definition) is 3. The average Bonchev–Trinajstić information content (AvgIpc) is 2.62. The maximum atomic E-state index is 11.2. The number of benzene rings is 2. The van der Waals surface area contributed by atoms with Crippen LogP contribution in [0.4, 0.5) is 0 Å². The van der Waals surface area contributed by atoms with Crippen LogP contribution in [0.25, 0.3) is 0 Å². The lowest BCUT2D eigenvalue weighted by molar-refractivity contribution is 0.0696. The molecule has 0 saturated carbocycles. The van der Waals surface area contributed by atoms with Gasteiger partial charge in [-0.3, -0.25) is 0 Å². The van der Waals surface area contributed by atoms with Crippen LogP contribution in [-0.2, 0) is 10.5 Å². The van der Waals surface area contributed by atoms with Crippen LogP contribution in [0, 0.1) is 0 Å². The normalized spacial score (nSPS) is 16.9. The van der Waals surface area contributed by atoms with Crippen LogP contribution in [0.15, 0.2) is 47.4 Å². The fourth-order valence-electron chi connectivity index (χ4n) is 2.52. The molecule has 0 aliphatic carbocycles. The molecule has 1 N–H and O–H groups in total. The third kappa shape index (κ3) is 2.21. The van der Waals surface area contributed by atoms with E-state index in [1.54, 1.807) is 31.0 Å². The molecular formula is C16H14O3S. The second-order valence-electron chi connectivity index (χ2n) is 4.66. The van der Waals surface area contributed by atoms with E-state index in [4.69, 9.17) is 9.84 Å². The van der Waals surface area contributed by atoms with Crippen LogP contribution in [0.1, 0.15) is 33.2 Å². The lowest BCUT2D eigenvalue weighted by atomic mass is 9.96. The number of carbonyl (C=O) groups is 1. The highest BCUT2D eigenvalue weighted by Gasteiger charge is 2.24. The third-order valence-electron chi connectivity index (χ3n) is 3.50. The molecule has 0 saturated heterocycles. The molecule has 1 unspecified atom stereocenters. The van der Waals surface area contributed by atoms with E-state index in [1.807, 2.05) is 24.3 Å². The molecule has 0 spiro atoms. The molecule has 1 heterocycles. The summed E-state index contributed by atoms with van der Waals surface area (Å²) in [7, 11) is 1.66. The van der Waals surface area contributed by atoms with E-state index in [9.17, 15) is 4.79 Å². The summed E-state index contributed by atoms with van der Waals surface area (Å²) in [5.74, 6) is -0.0414. The molecule has 0 radical (unpaired) electrons. The largest absolute Gasteiger partial charge is 0.478 e. The Morgan fingerprint density at radius 3 is 2.80 bits per heavy atom. The molecule has 102 valence electrons. The molecule has 0 bridgehead atoms. The molecule has 1 aliphatic rings. The number of ether oxygens (including phenoxy) is 1. The first-order valence-electron chi connectivity index (χ1n) is 6.31. The Morgan fingerprint density at radius 2 is 2.05 bits per heavy atom. The van der Waals surface area contributed by atoms with E-state index >= 15 is 0 Å². The van der Waals surface area contributed by atoms with Gasteiger partial charge >= 0.3 is 5.97 Å². The van der Waals surface area contributed by atoms with Crippen molar-refractivity contribution in [1.82, 2.24) is 0 Å². The molecule has 4 heteroatoms. The van der Waals surface area contributed by atoms with Crippen molar-refractivity contribution in [2.24, 2.45) is 0 Å². The molecule has 1 atom stereocenters. The summed E-state index contributed by atoms with van der Waals surface area (Å²) in [6.45, 7) is 0.